The zero-order valence-corrected chi connectivity index (χ0v) is 11.6. The van der Waals surface area contributed by atoms with Gasteiger partial charge in [0, 0.05) is 25.1 Å². The highest BCUT2D eigenvalue weighted by molar-refractivity contribution is 5.61. The molecule has 6 nitrogen and oxygen atoms in total. The second-order valence-corrected chi connectivity index (χ2v) is 5.08. The van der Waals surface area contributed by atoms with E-state index in [-0.39, 0.29) is 11.7 Å². The van der Waals surface area contributed by atoms with Crippen LogP contribution >= 0.6 is 0 Å². The average molecular weight is 284 g/mol. The first-order chi connectivity index (χ1) is 10.2. The number of nitrogens with one attached hydrogen (secondary N) is 2. The molecule has 0 radical (unpaired) electrons. The molecule has 0 aliphatic heterocycles. The molecule has 21 heavy (non-hydrogen) atoms. The van der Waals surface area contributed by atoms with E-state index in [0.717, 1.165) is 6.42 Å². The highest BCUT2D eigenvalue weighted by atomic mass is 16.6. The van der Waals surface area contributed by atoms with E-state index in [0.29, 0.717) is 17.6 Å². The summed E-state index contributed by atoms with van der Waals surface area (Å²) < 4.78 is 0. The maximum atomic E-state index is 11.1. The van der Waals surface area contributed by atoms with Gasteiger partial charge in [0.05, 0.1) is 4.92 Å². The molecule has 3 rings (SSSR count). The van der Waals surface area contributed by atoms with E-state index in [1.54, 1.807) is 13.1 Å². The van der Waals surface area contributed by atoms with Gasteiger partial charge in [-0.15, -0.1) is 0 Å². The third-order valence-corrected chi connectivity index (χ3v) is 3.67. The average Bonchev–Trinajstić information content (AvgIpc) is 3.27. The molecule has 1 heterocycles. The Hall–Kier alpha value is -2.63. The molecular formula is C15H16N4O2. The van der Waals surface area contributed by atoms with Crippen LogP contribution < -0.4 is 10.6 Å². The summed E-state index contributed by atoms with van der Waals surface area (Å²) in [6.07, 6.45) is 0.965. The third kappa shape index (κ3) is 2.79. The molecular weight excluding hydrogens is 268 g/mol. The van der Waals surface area contributed by atoms with Crippen LogP contribution in [-0.4, -0.2) is 23.0 Å². The Balaban J connectivity index is 1.78. The van der Waals surface area contributed by atoms with Crippen LogP contribution in [0.3, 0.4) is 0 Å². The van der Waals surface area contributed by atoms with Crippen molar-refractivity contribution in [2.24, 2.45) is 0 Å². The molecule has 0 saturated heterocycles. The van der Waals surface area contributed by atoms with E-state index in [1.165, 1.54) is 11.6 Å². The third-order valence-electron chi connectivity index (χ3n) is 3.67. The van der Waals surface area contributed by atoms with Crippen LogP contribution in [0.25, 0.3) is 0 Å². The SMILES string of the molecule is CNc1ccc([N+](=O)[O-])c(NC2CC2c2ccccc2)n1. The topological polar surface area (TPSA) is 80.1 Å². The van der Waals surface area contributed by atoms with E-state index in [1.807, 2.05) is 18.2 Å². The van der Waals surface area contributed by atoms with Crippen molar-refractivity contribution < 1.29 is 4.92 Å². The molecule has 2 unspecified atom stereocenters. The van der Waals surface area contributed by atoms with E-state index in [9.17, 15) is 10.1 Å². The second kappa shape index (κ2) is 5.40. The predicted molar refractivity (Wildman–Crippen MR) is 81.6 cm³/mol. The van der Waals surface area contributed by atoms with Gasteiger partial charge in [-0.3, -0.25) is 10.1 Å². The van der Waals surface area contributed by atoms with Crippen LogP contribution in [0.5, 0.6) is 0 Å². The molecule has 1 aliphatic rings. The van der Waals surface area contributed by atoms with Crippen molar-refractivity contribution >= 4 is 17.3 Å². The minimum Gasteiger partial charge on any atom is -0.373 e. The van der Waals surface area contributed by atoms with Crippen molar-refractivity contribution in [2.45, 2.75) is 18.4 Å². The molecule has 0 amide bonds. The zero-order chi connectivity index (χ0) is 14.8. The van der Waals surface area contributed by atoms with Gasteiger partial charge in [-0.05, 0) is 18.1 Å². The van der Waals surface area contributed by atoms with Gasteiger partial charge in [0.1, 0.15) is 5.82 Å². The van der Waals surface area contributed by atoms with Crippen molar-refractivity contribution in [3.63, 3.8) is 0 Å². The number of nitrogens with zero attached hydrogens (tertiary/aromatic N) is 2. The fourth-order valence-corrected chi connectivity index (χ4v) is 2.44. The molecule has 108 valence electrons. The van der Waals surface area contributed by atoms with Crippen molar-refractivity contribution in [1.29, 1.82) is 0 Å². The molecule has 2 aromatic rings. The lowest BCUT2D eigenvalue weighted by Gasteiger charge is -2.08. The number of hydrogen-bond acceptors (Lipinski definition) is 5. The molecule has 1 aromatic heterocycles. The predicted octanol–water partition coefficient (Wildman–Crippen LogP) is 3.00. The summed E-state index contributed by atoms with van der Waals surface area (Å²) in [4.78, 5) is 14.9. The maximum Gasteiger partial charge on any atom is 0.311 e. The largest absolute Gasteiger partial charge is 0.373 e. The lowest BCUT2D eigenvalue weighted by Crippen LogP contribution is -2.09. The summed E-state index contributed by atoms with van der Waals surface area (Å²) >= 11 is 0. The molecule has 2 atom stereocenters. The minimum atomic E-state index is -0.408. The van der Waals surface area contributed by atoms with Gasteiger partial charge < -0.3 is 10.6 Å². The van der Waals surface area contributed by atoms with Crippen molar-refractivity contribution in [1.82, 2.24) is 4.98 Å². The fraction of sp³-hybridized carbons (Fsp3) is 0.267. The lowest BCUT2D eigenvalue weighted by atomic mass is 10.1. The Bertz CT molecular complexity index is 660. The van der Waals surface area contributed by atoms with E-state index >= 15 is 0 Å². The Labute approximate surface area is 122 Å². The van der Waals surface area contributed by atoms with Gasteiger partial charge in [0.2, 0.25) is 5.82 Å². The molecule has 0 bridgehead atoms. The number of hydrogen-bond donors (Lipinski definition) is 2. The van der Waals surface area contributed by atoms with Gasteiger partial charge in [0.25, 0.3) is 0 Å². The number of nitro groups is 1. The number of rotatable bonds is 5. The smallest absolute Gasteiger partial charge is 0.311 e. The molecule has 6 heteroatoms. The Morgan fingerprint density at radius 2 is 2.00 bits per heavy atom. The van der Waals surface area contributed by atoms with Gasteiger partial charge in [-0.2, -0.15) is 0 Å². The monoisotopic (exact) mass is 284 g/mol. The molecule has 1 fully saturated rings. The normalized spacial score (nSPS) is 19.9. The first-order valence-corrected chi connectivity index (χ1v) is 6.83. The summed E-state index contributed by atoms with van der Waals surface area (Å²) in [5.41, 5.74) is 1.26. The standard InChI is InChI=1S/C15H16N4O2/c1-16-14-8-7-13(19(20)21)15(18-14)17-12-9-11(12)10-5-3-2-4-6-10/h2-8,11-12H,9H2,1H3,(H2,16,17,18). The summed E-state index contributed by atoms with van der Waals surface area (Å²) in [7, 11) is 1.74. The summed E-state index contributed by atoms with van der Waals surface area (Å²) in [5, 5.41) is 17.2. The van der Waals surface area contributed by atoms with Crippen molar-refractivity contribution in [3.8, 4) is 0 Å². The Morgan fingerprint density at radius 1 is 1.24 bits per heavy atom. The highest BCUT2D eigenvalue weighted by Crippen LogP contribution is 2.43. The van der Waals surface area contributed by atoms with E-state index in [2.05, 4.69) is 27.8 Å². The van der Waals surface area contributed by atoms with Gasteiger partial charge in [-0.25, -0.2) is 4.98 Å². The van der Waals surface area contributed by atoms with E-state index in [4.69, 9.17) is 0 Å². The maximum absolute atomic E-state index is 11.1. The minimum absolute atomic E-state index is 0.00714. The van der Waals surface area contributed by atoms with E-state index < -0.39 is 4.92 Å². The quantitative estimate of drug-likeness (QED) is 0.651. The van der Waals surface area contributed by atoms with Crippen LogP contribution in [0.2, 0.25) is 0 Å². The van der Waals surface area contributed by atoms with Crippen molar-refractivity contribution in [2.75, 3.05) is 17.7 Å². The van der Waals surface area contributed by atoms with Crippen LogP contribution in [0, 0.1) is 10.1 Å². The first-order valence-electron chi connectivity index (χ1n) is 6.83. The van der Waals surface area contributed by atoms with Crippen LogP contribution in [0.1, 0.15) is 17.9 Å². The fourth-order valence-electron chi connectivity index (χ4n) is 2.44. The number of pyridine rings is 1. The molecule has 1 saturated carbocycles. The molecule has 1 aliphatic carbocycles. The van der Waals surface area contributed by atoms with Gasteiger partial charge in [0.15, 0.2) is 0 Å². The Kier molecular flexibility index (Phi) is 3.43. The van der Waals surface area contributed by atoms with Crippen LogP contribution in [0.4, 0.5) is 17.3 Å². The number of benzene rings is 1. The molecule has 1 aromatic carbocycles. The van der Waals surface area contributed by atoms with Crippen LogP contribution in [0.15, 0.2) is 42.5 Å². The number of anilines is 2. The van der Waals surface area contributed by atoms with Crippen LogP contribution in [-0.2, 0) is 0 Å². The zero-order valence-electron chi connectivity index (χ0n) is 11.6. The summed E-state index contributed by atoms with van der Waals surface area (Å²) in [5.74, 6) is 1.33. The Morgan fingerprint density at radius 3 is 2.67 bits per heavy atom. The number of aromatic nitrogens is 1. The first kappa shape index (κ1) is 13.4. The second-order valence-electron chi connectivity index (χ2n) is 5.08. The van der Waals surface area contributed by atoms with Gasteiger partial charge in [-0.1, -0.05) is 30.3 Å². The molecule has 0 spiro atoms. The lowest BCUT2D eigenvalue weighted by molar-refractivity contribution is -0.384. The van der Waals surface area contributed by atoms with Crippen molar-refractivity contribution in [3.05, 3.63) is 58.1 Å². The summed E-state index contributed by atoms with van der Waals surface area (Å²) in [6, 6.07) is 13.4. The highest BCUT2D eigenvalue weighted by Gasteiger charge is 2.39. The van der Waals surface area contributed by atoms with Gasteiger partial charge >= 0.3 is 5.69 Å². The summed E-state index contributed by atoms with van der Waals surface area (Å²) in [6.45, 7) is 0. The molecule has 2 N–H and O–H groups in total.